The van der Waals surface area contributed by atoms with Gasteiger partial charge in [0, 0.05) is 42.5 Å². The Hall–Kier alpha value is -3.93. The molecule has 1 aliphatic heterocycles. The quantitative estimate of drug-likeness (QED) is 0.481. The number of piperazine rings is 1. The van der Waals surface area contributed by atoms with Crippen molar-refractivity contribution in [3.8, 4) is 5.75 Å². The van der Waals surface area contributed by atoms with E-state index in [0.29, 0.717) is 25.3 Å². The molecule has 1 amide bonds. The molecule has 4 aromatic rings. The van der Waals surface area contributed by atoms with E-state index in [4.69, 9.17) is 4.74 Å². The maximum absolute atomic E-state index is 13.0. The summed E-state index contributed by atoms with van der Waals surface area (Å²) in [6, 6.07) is 25.6. The van der Waals surface area contributed by atoms with Crippen molar-refractivity contribution in [1.29, 1.82) is 0 Å². The van der Waals surface area contributed by atoms with E-state index in [1.807, 2.05) is 77.7 Å². The predicted octanol–water partition coefficient (Wildman–Crippen LogP) is 4.17. The third-order valence-corrected chi connectivity index (χ3v) is 5.77. The van der Waals surface area contributed by atoms with Gasteiger partial charge in [-0.2, -0.15) is 5.10 Å². The van der Waals surface area contributed by atoms with Crippen LogP contribution in [0.4, 0.5) is 5.82 Å². The van der Waals surface area contributed by atoms with E-state index < -0.39 is 0 Å². The maximum atomic E-state index is 13.0. The van der Waals surface area contributed by atoms with Crippen LogP contribution >= 0.6 is 0 Å². The van der Waals surface area contributed by atoms with Crippen LogP contribution in [0, 0.1) is 0 Å². The third kappa shape index (κ3) is 4.25. The van der Waals surface area contributed by atoms with Crippen molar-refractivity contribution >= 4 is 22.5 Å². The van der Waals surface area contributed by atoms with Crippen LogP contribution in [-0.2, 0) is 6.61 Å². The second kappa shape index (κ2) is 9.06. The summed E-state index contributed by atoms with van der Waals surface area (Å²) in [5.74, 6) is 1.68. The number of anilines is 1. The van der Waals surface area contributed by atoms with Gasteiger partial charge in [-0.15, -0.1) is 5.10 Å². The Bertz CT molecular complexity index is 1200. The molecule has 0 bridgehead atoms. The average Bonchev–Trinajstić information content (AvgIpc) is 2.88. The smallest absolute Gasteiger partial charge is 0.253 e. The van der Waals surface area contributed by atoms with Crippen molar-refractivity contribution in [2.75, 3.05) is 31.1 Å². The van der Waals surface area contributed by atoms with Crippen molar-refractivity contribution in [3.05, 3.63) is 96.2 Å². The van der Waals surface area contributed by atoms with Gasteiger partial charge in [-0.1, -0.05) is 54.6 Å². The fourth-order valence-corrected chi connectivity index (χ4v) is 3.98. The minimum Gasteiger partial charge on any atom is -0.489 e. The van der Waals surface area contributed by atoms with E-state index in [-0.39, 0.29) is 5.91 Å². The Kier molecular flexibility index (Phi) is 5.66. The lowest BCUT2D eigenvalue weighted by molar-refractivity contribution is 0.0746. The highest BCUT2D eigenvalue weighted by atomic mass is 16.5. The molecule has 0 atom stereocenters. The molecular formula is C26H24N4O2. The first-order valence-electron chi connectivity index (χ1n) is 10.8. The largest absolute Gasteiger partial charge is 0.489 e. The molecule has 0 radical (unpaired) electrons. The van der Waals surface area contributed by atoms with Gasteiger partial charge in [-0.25, -0.2) is 0 Å². The van der Waals surface area contributed by atoms with Gasteiger partial charge in [-0.3, -0.25) is 4.79 Å². The summed E-state index contributed by atoms with van der Waals surface area (Å²) in [7, 11) is 0. The molecule has 0 N–H and O–H groups in total. The predicted molar refractivity (Wildman–Crippen MR) is 125 cm³/mol. The van der Waals surface area contributed by atoms with Crippen LogP contribution in [0.25, 0.3) is 10.8 Å². The number of hydrogen-bond donors (Lipinski definition) is 0. The summed E-state index contributed by atoms with van der Waals surface area (Å²) in [4.78, 5) is 17.1. The monoisotopic (exact) mass is 424 g/mol. The topological polar surface area (TPSA) is 58.6 Å². The Morgan fingerprint density at radius 1 is 0.844 bits per heavy atom. The molecule has 6 nitrogen and oxygen atoms in total. The number of hydrogen-bond acceptors (Lipinski definition) is 5. The van der Waals surface area contributed by atoms with E-state index in [2.05, 4.69) is 21.2 Å². The maximum Gasteiger partial charge on any atom is 0.253 e. The minimum absolute atomic E-state index is 0.0447. The van der Waals surface area contributed by atoms with Gasteiger partial charge in [0.25, 0.3) is 5.91 Å². The van der Waals surface area contributed by atoms with Crippen LogP contribution in [0.2, 0.25) is 0 Å². The highest BCUT2D eigenvalue weighted by molar-refractivity contribution is 5.95. The normalized spacial score (nSPS) is 13.9. The van der Waals surface area contributed by atoms with E-state index in [0.717, 1.165) is 41.0 Å². The van der Waals surface area contributed by atoms with Gasteiger partial charge in [0.15, 0.2) is 5.82 Å². The summed E-state index contributed by atoms with van der Waals surface area (Å²) >= 11 is 0. The summed E-state index contributed by atoms with van der Waals surface area (Å²) < 4.78 is 5.83. The van der Waals surface area contributed by atoms with Gasteiger partial charge < -0.3 is 14.5 Å². The molecule has 1 aliphatic rings. The first-order chi connectivity index (χ1) is 15.8. The molecule has 3 aromatic carbocycles. The molecule has 0 aliphatic carbocycles. The SMILES string of the molecule is O=C(c1ccc(OCc2ccccc2)cc1)N1CCN(c2nncc3ccccc23)CC1. The minimum atomic E-state index is 0.0447. The molecule has 160 valence electrons. The molecule has 1 aromatic heterocycles. The number of aromatic nitrogens is 2. The van der Waals surface area contributed by atoms with Crippen molar-refractivity contribution in [2.24, 2.45) is 0 Å². The van der Waals surface area contributed by atoms with Gasteiger partial charge >= 0.3 is 0 Å². The standard InChI is InChI=1S/C26H24N4O2/c31-26(21-10-12-23(13-11-21)32-19-20-6-2-1-3-7-20)30-16-14-29(15-17-30)25-24-9-5-4-8-22(24)18-27-28-25/h1-13,18H,14-17,19H2. The van der Waals surface area contributed by atoms with Gasteiger partial charge in [0.1, 0.15) is 12.4 Å². The molecule has 6 heteroatoms. The molecule has 0 spiro atoms. The summed E-state index contributed by atoms with van der Waals surface area (Å²) in [6.07, 6.45) is 1.78. The van der Waals surface area contributed by atoms with Crippen LogP contribution in [0.1, 0.15) is 15.9 Å². The van der Waals surface area contributed by atoms with Gasteiger partial charge in [0.05, 0.1) is 6.20 Å². The lowest BCUT2D eigenvalue weighted by Crippen LogP contribution is -2.49. The highest BCUT2D eigenvalue weighted by Gasteiger charge is 2.24. The highest BCUT2D eigenvalue weighted by Crippen LogP contribution is 2.24. The number of carbonyl (C=O) groups is 1. The average molecular weight is 425 g/mol. The summed E-state index contributed by atoms with van der Waals surface area (Å²) in [5.41, 5.74) is 1.79. The van der Waals surface area contributed by atoms with Crippen LogP contribution in [0.15, 0.2) is 85.1 Å². The fraction of sp³-hybridized carbons (Fsp3) is 0.192. The van der Waals surface area contributed by atoms with E-state index >= 15 is 0 Å². The number of carbonyl (C=O) groups excluding carboxylic acids is 1. The Morgan fingerprint density at radius 3 is 2.34 bits per heavy atom. The fourth-order valence-electron chi connectivity index (χ4n) is 3.98. The zero-order valence-corrected chi connectivity index (χ0v) is 17.7. The number of ether oxygens (including phenoxy) is 1. The van der Waals surface area contributed by atoms with Crippen LogP contribution in [0.3, 0.4) is 0 Å². The second-order valence-corrected chi connectivity index (χ2v) is 7.83. The lowest BCUT2D eigenvalue weighted by atomic mass is 10.1. The first kappa shape index (κ1) is 20.0. The third-order valence-electron chi connectivity index (χ3n) is 5.77. The first-order valence-corrected chi connectivity index (χ1v) is 10.8. The van der Waals surface area contributed by atoms with Crippen LogP contribution in [-0.4, -0.2) is 47.2 Å². The van der Waals surface area contributed by atoms with E-state index in [1.165, 1.54) is 0 Å². The number of amides is 1. The molecule has 32 heavy (non-hydrogen) atoms. The Balaban J connectivity index is 1.20. The summed E-state index contributed by atoms with van der Waals surface area (Å²) in [6.45, 7) is 3.26. The molecule has 1 fully saturated rings. The zero-order valence-electron chi connectivity index (χ0n) is 17.7. The number of nitrogens with zero attached hydrogens (tertiary/aromatic N) is 4. The van der Waals surface area contributed by atoms with E-state index in [9.17, 15) is 4.79 Å². The van der Waals surface area contributed by atoms with Crippen molar-refractivity contribution in [3.63, 3.8) is 0 Å². The van der Waals surface area contributed by atoms with Crippen LogP contribution < -0.4 is 9.64 Å². The molecule has 2 heterocycles. The molecular weight excluding hydrogens is 400 g/mol. The van der Waals surface area contributed by atoms with Crippen molar-refractivity contribution < 1.29 is 9.53 Å². The van der Waals surface area contributed by atoms with Crippen LogP contribution in [0.5, 0.6) is 5.75 Å². The molecule has 5 rings (SSSR count). The zero-order chi connectivity index (χ0) is 21.8. The van der Waals surface area contributed by atoms with Gasteiger partial charge in [-0.05, 0) is 29.8 Å². The lowest BCUT2D eigenvalue weighted by Gasteiger charge is -2.35. The summed E-state index contributed by atoms with van der Waals surface area (Å²) in [5, 5.41) is 10.7. The second-order valence-electron chi connectivity index (χ2n) is 7.83. The van der Waals surface area contributed by atoms with Crippen molar-refractivity contribution in [2.45, 2.75) is 6.61 Å². The van der Waals surface area contributed by atoms with Gasteiger partial charge in [0.2, 0.25) is 0 Å². The molecule has 0 unspecified atom stereocenters. The van der Waals surface area contributed by atoms with E-state index in [1.54, 1.807) is 6.20 Å². The van der Waals surface area contributed by atoms with Crippen molar-refractivity contribution in [1.82, 2.24) is 15.1 Å². The number of benzene rings is 3. The Labute approximate surface area is 187 Å². The number of fused-ring (bicyclic) bond motifs is 1. The number of rotatable bonds is 5. The molecule has 0 saturated carbocycles. The Morgan fingerprint density at radius 2 is 1.56 bits per heavy atom. The molecule has 1 saturated heterocycles.